The van der Waals surface area contributed by atoms with Gasteiger partial charge in [0.05, 0.1) is 6.54 Å². The van der Waals surface area contributed by atoms with Crippen molar-refractivity contribution in [3.05, 3.63) is 77.9 Å². The summed E-state index contributed by atoms with van der Waals surface area (Å²) in [5.74, 6) is 0. The van der Waals surface area contributed by atoms with Crippen LogP contribution in [0.25, 0.3) is 0 Å². The van der Waals surface area contributed by atoms with Gasteiger partial charge in [-0.15, -0.1) is 0 Å². The number of nitrogens with one attached hydrogen (secondary N) is 1. The van der Waals surface area contributed by atoms with E-state index in [0.717, 1.165) is 18.8 Å². The molecule has 0 unspecified atom stereocenters. The van der Waals surface area contributed by atoms with Gasteiger partial charge in [0.15, 0.2) is 0 Å². The highest BCUT2D eigenvalue weighted by Gasteiger charge is 1.99. The number of nitrogens with zero attached hydrogens (tertiary/aromatic N) is 3. The van der Waals surface area contributed by atoms with Crippen LogP contribution in [0.2, 0.25) is 0 Å². The molecule has 0 fully saturated rings. The van der Waals surface area contributed by atoms with Gasteiger partial charge in [-0.2, -0.15) is 5.10 Å². The Labute approximate surface area is 124 Å². The molecule has 0 amide bonds. The van der Waals surface area contributed by atoms with E-state index in [4.69, 9.17) is 0 Å². The number of benzene rings is 1. The number of pyridine rings is 1. The number of aryl methyl sites for hydroxylation is 1. The Morgan fingerprint density at radius 1 is 1.10 bits per heavy atom. The minimum absolute atomic E-state index is 0.790. The van der Waals surface area contributed by atoms with Crippen molar-refractivity contribution >= 4 is 5.69 Å². The maximum atomic E-state index is 4.21. The summed E-state index contributed by atoms with van der Waals surface area (Å²) in [6.45, 7) is 3.69. The van der Waals surface area contributed by atoms with E-state index in [1.807, 2.05) is 35.4 Å². The van der Waals surface area contributed by atoms with Crippen LogP contribution >= 0.6 is 0 Å². The van der Waals surface area contributed by atoms with Crippen molar-refractivity contribution in [3.8, 4) is 0 Å². The summed E-state index contributed by atoms with van der Waals surface area (Å²) in [5.41, 5.74) is 4.83. The first kappa shape index (κ1) is 13.4. The molecule has 0 aliphatic heterocycles. The summed E-state index contributed by atoms with van der Waals surface area (Å²) in [5, 5.41) is 7.64. The maximum Gasteiger partial charge on any atom is 0.0659 e. The van der Waals surface area contributed by atoms with E-state index in [-0.39, 0.29) is 0 Å². The smallest absolute Gasteiger partial charge is 0.0659 e. The molecule has 2 heterocycles. The monoisotopic (exact) mass is 278 g/mol. The Hall–Kier alpha value is -2.62. The minimum Gasteiger partial charge on any atom is -0.381 e. The normalized spacial score (nSPS) is 10.5. The molecule has 4 nitrogen and oxygen atoms in total. The number of hydrogen-bond donors (Lipinski definition) is 1. The molecule has 3 rings (SSSR count). The van der Waals surface area contributed by atoms with Crippen molar-refractivity contribution in [2.24, 2.45) is 0 Å². The third kappa shape index (κ3) is 3.48. The van der Waals surface area contributed by atoms with E-state index in [1.165, 1.54) is 16.7 Å². The zero-order chi connectivity index (χ0) is 14.5. The Kier molecular flexibility index (Phi) is 3.96. The van der Waals surface area contributed by atoms with Gasteiger partial charge < -0.3 is 5.32 Å². The van der Waals surface area contributed by atoms with Gasteiger partial charge in [0, 0.05) is 37.0 Å². The van der Waals surface area contributed by atoms with Crippen LogP contribution in [0.3, 0.4) is 0 Å². The van der Waals surface area contributed by atoms with Crippen molar-refractivity contribution < 1.29 is 0 Å². The largest absolute Gasteiger partial charge is 0.381 e. The van der Waals surface area contributed by atoms with Gasteiger partial charge >= 0.3 is 0 Å². The maximum absolute atomic E-state index is 4.21. The molecule has 21 heavy (non-hydrogen) atoms. The van der Waals surface area contributed by atoms with E-state index < -0.39 is 0 Å². The van der Waals surface area contributed by atoms with E-state index in [2.05, 4.69) is 46.6 Å². The lowest BCUT2D eigenvalue weighted by atomic mass is 10.1. The molecule has 0 radical (unpaired) electrons. The Morgan fingerprint density at radius 3 is 2.67 bits per heavy atom. The predicted octanol–water partition coefficient (Wildman–Crippen LogP) is 3.25. The van der Waals surface area contributed by atoms with Crippen LogP contribution in [0.4, 0.5) is 5.69 Å². The molecule has 0 spiro atoms. The van der Waals surface area contributed by atoms with Crippen LogP contribution < -0.4 is 5.32 Å². The number of hydrogen-bond acceptors (Lipinski definition) is 3. The van der Waals surface area contributed by atoms with Crippen LogP contribution in [0.5, 0.6) is 0 Å². The van der Waals surface area contributed by atoms with E-state index >= 15 is 0 Å². The molecular formula is C17H18N4. The summed E-state index contributed by atoms with van der Waals surface area (Å²) in [6, 6.07) is 12.4. The molecule has 2 aromatic heterocycles. The third-order valence-electron chi connectivity index (χ3n) is 3.49. The van der Waals surface area contributed by atoms with Crippen molar-refractivity contribution in [2.45, 2.75) is 20.0 Å². The summed E-state index contributed by atoms with van der Waals surface area (Å²) in [4.78, 5) is 4.16. The predicted molar refractivity (Wildman–Crippen MR) is 84.1 cm³/mol. The SMILES string of the molecule is Cc1ccncc1CNc1ccc(Cn2cccn2)cc1. The highest BCUT2D eigenvalue weighted by molar-refractivity contribution is 5.45. The fourth-order valence-electron chi connectivity index (χ4n) is 2.19. The highest BCUT2D eigenvalue weighted by atomic mass is 15.3. The summed E-state index contributed by atoms with van der Waals surface area (Å²) < 4.78 is 1.92. The van der Waals surface area contributed by atoms with Crippen LogP contribution in [-0.2, 0) is 13.1 Å². The second-order valence-electron chi connectivity index (χ2n) is 5.06. The van der Waals surface area contributed by atoms with Gasteiger partial charge in [0.2, 0.25) is 0 Å². The second kappa shape index (κ2) is 6.22. The molecule has 0 atom stereocenters. The quantitative estimate of drug-likeness (QED) is 0.779. The van der Waals surface area contributed by atoms with Gasteiger partial charge in [-0.1, -0.05) is 12.1 Å². The molecule has 106 valence electrons. The minimum atomic E-state index is 0.790. The van der Waals surface area contributed by atoms with Crippen molar-refractivity contribution in [3.63, 3.8) is 0 Å². The zero-order valence-electron chi connectivity index (χ0n) is 12.0. The summed E-state index contributed by atoms with van der Waals surface area (Å²) in [7, 11) is 0. The van der Waals surface area contributed by atoms with E-state index in [1.54, 1.807) is 6.20 Å². The fourth-order valence-corrected chi connectivity index (χ4v) is 2.19. The van der Waals surface area contributed by atoms with E-state index in [9.17, 15) is 0 Å². The van der Waals surface area contributed by atoms with Gasteiger partial charge in [0.25, 0.3) is 0 Å². The first-order chi connectivity index (χ1) is 10.3. The van der Waals surface area contributed by atoms with Gasteiger partial charge in [-0.25, -0.2) is 0 Å². The molecular weight excluding hydrogens is 260 g/mol. The van der Waals surface area contributed by atoms with Gasteiger partial charge in [0.1, 0.15) is 0 Å². The van der Waals surface area contributed by atoms with Gasteiger partial charge in [-0.3, -0.25) is 9.67 Å². The second-order valence-corrected chi connectivity index (χ2v) is 5.06. The van der Waals surface area contributed by atoms with Gasteiger partial charge in [-0.05, 0) is 47.9 Å². The molecule has 3 aromatic rings. The lowest BCUT2D eigenvalue weighted by Gasteiger charge is -2.09. The van der Waals surface area contributed by atoms with Crippen LogP contribution in [-0.4, -0.2) is 14.8 Å². The van der Waals surface area contributed by atoms with Crippen LogP contribution in [0, 0.1) is 6.92 Å². The lowest BCUT2D eigenvalue weighted by Crippen LogP contribution is -2.03. The Morgan fingerprint density at radius 2 is 1.95 bits per heavy atom. The van der Waals surface area contributed by atoms with Crippen molar-refractivity contribution in [1.29, 1.82) is 0 Å². The summed E-state index contributed by atoms with van der Waals surface area (Å²) in [6.07, 6.45) is 7.50. The number of aromatic nitrogens is 3. The Bertz CT molecular complexity index is 687. The fraction of sp³-hybridized carbons (Fsp3) is 0.176. The average Bonchev–Trinajstić information content (AvgIpc) is 3.01. The van der Waals surface area contributed by atoms with Crippen LogP contribution in [0.15, 0.2) is 61.2 Å². The molecule has 0 saturated carbocycles. The third-order valence-corrected chi connectivity index (χ3v) is 3.49. The molecule has 0 bridgehead atoms. The Balaban J connectivity index is 1.61. The highest BCUT2D eigenvalue weighted by Crippen LogP contribution is 2.13. The van der Waals surface area contributed by atoms with Crippen LogP contribution in [0.1, 0.15) is 16.7 Å². The van der Waals surface area contributed by atoms with E-state index in [0.29, 0.717) is 0 Å². The number of anilines is 1. The average molecular weight is 278 g/mol. The molecule has 0 aliphatic carbocycles. The molecule has 1 N–H and O–H groups in total. The topological polar surface area (TPSA) is 42.7 Å². The van der Waals surface area contributed by atoms with Crippen molar-refractivity contribution in [2.75, 3.05) is 5.32 Å². The molecule has 4 heteroatoms. The van der Waals surface area contributed by atoms with Crippen molar-refractivity contribution in [1.82, 2.24) is 14.8 Å². The molecule has 1 aromatic carbocycles. The summed E-state index contributed by atoms with van der Waals surface area (Å²) >= 11 is 0. The lowest BCUT2D eigenvalue weighted by molar-refractivity contribution is 0.687. The molecule has 0 saturated heterocycles. The first-order valence-electron chi connectivity index (χ1n) is 7.01. The molecule has 0 aliphatic rings. The first-order valence-corrected chi connectivity index (χ1v) is 7.01. The standard InChI is InChI=1S/C17H18N4/c1-14-7-9-18-11-16(14)12-19-17-5-3-15(4-6-17)13-21-10-2-8-20-21/h2-11,19H,12-13H2,1H3. The zero-order valence-corrected chi connectivity index (χ0v) is 12.0. The number of rotatable bonds is 5.